The lowest BCUT2D eigenvalue weighted by Crippen LogP contribution is -2.27. The smallest absolute Gasteiger partial charge is 0.336 e. The van der Waals surface area contributed by atoms with Crippen molar-refractivity contribution in [2.75, 3.05) is 11.4 Å². The number of aromatic carboxylic acids is 1. The third-order valence-electron chi connectivity index (χ3n) is 3.07. The second-order valence-electron chi connectivity index (χ2n) is 4.52. The van der Waals surface area contributed by atoms with Crippen LogP contribution in [-0.2, 0) is 10.0 Å². The fraction of sp³-hybridized carbons (Fsp3) is 0.0714. The van der Waals surface area contributed by atoms with Crippen molar-refractivity contribution in [1.29, 1.82) is 0 Å². The van der Waals surface area contributed by atoms with Crippen LogP contribution < -0.4 is 4.31 Å². The summed E-state index contributed by atoms with van der Waals surface area (Å²) in [6, 6.07) is 5.77. The zero-order valence-corrected chi connectivity index (χ0v) is 14.0. The van der Waals surface area contributed by atoms with E-state index in [0.29, 0.717) is 4.31 Å². The molecule has 1 N–H and O–H groups in total. The highest BCUT2D eigenvalue weighted by molar-refractivity contribution is 9.10. The molecular formula is C14H10BrF2NO4S. The summed E-state index contributed by atoms with van der Waals surface area (Å²) in [5, 5.41) is 9.04. The second kappa shape index (κ2) is 6.25. The number of sulfonamides is 1. The molecule has 5 nitrogen and oxygen atoms in total. The molecule has 0 heterocycles. The van der Waals surface area contributed by atoms with Crippen LogP contribution in [0.5, 0.6) is 0 Å². The average Bonchev–Trinajstić information content (AvgIpc) is 2.48. The molecule has 9 heteroatoms. The Hall–Kier alpha value is -2.00. The number of nitrogens with zero attached hydrogens (tertiary/aromatic N) is 1. The summed E-state index contributed by atoms with van der Waals surface area (Å²) in [5.41, 5.74) is -0.746. The highest BCUT2D eigenvalue weighted by atomic mass is 79.9. The Kier molecular flexibility index (Phi) is 4.71. The van der Waals surface area contributed by atoms with Crippen molar-refractivity contribution < 1.29 is 27.1 Å². The Labute approximate surface area is 139 Å². The standard InChI is InChI=1S/C14H10BrF2NO4S/c1-18(13-6-8(16)2-5-12(13)17)23(21,22)9-3-4-11(15)10(7-9)14(19)20/h2-7H,1H3,(H,19,20). The van der Waals surface area contributed by atoms with Gasteiger partial charge in [0.05, 0.1) is 16.1 Å². The first-order valence-electron chi connectivity index (χ1n) is 6.11. The Balaban J connectivity index is 2.56. The highest BCUT2D eigenvalue weighted by Crippen LogP contribution is 2.28. The van der Waals surface area contributed by atoms with Gasteiger partial charge < -0.3 is 5.11 Å². The lowest BCUT2D eigenvalue weighted by molar-refractivity contribution is 0.0695. The largest absolute Gasteiger partial charge is 0.478 e. The van der Waals surface area contributed by atoms with Crippen molar-refractivity contribution in [3.63, 3.8) is 0 Å². The lowest BCUT2D eigenvalue weighted by Gasteiger charge is -2.20. The quantitative estimate of drug-likeness (QED) is 0.846. The van der Waals surface area contributed by atoms with Crippen LogP contribution in [0.1, 0.15) is 10.4 Å². The normalized spacial score (nSPS) is 11.3. The molecule has 0 atom stereocenters. The van der Waals surface area contributed by atoms with Gasteiger partial charge in [-0.1, -0.05) is 0 Å². The van der Waals surface area contributed by atoms with Gasteiger partial charge in [-0.3, -0.25) is 4.31 Å². The summed E-state index contributed by atoms with van der Waals surface area (Å²) in [5.74, 6) is -3.05. The van der Waals surface area contributed by atoms with Crippen LogP contribution in [0.2, 0.25) is 0 Å². The van der Waals surface area contributed by atoms with Crippen LogP contribution in [0.25, 0.3) is 0 Å². The summed E-state index contributed by atoms with van der Waals surface area (Å²) in [6.07, 6.45) is 0. The second-order valence-corrected chi connectivity index (χ2v) is 7.34. The van der Waals surface area contributed by atoms with Crippen molar-refractivity contribution in [2.24, 2.45) is 0 Å². The molecule has 0 bridgehead atoms. The van der Waals surface area contributed by atoms with Crippen LogP contribution in [0.15, 0.2) is 45.8 Å². The van der Waals surface area contributed by atoms with Gasteiger partial charge in [0.1, 0.15) is 11.6 Å². The van der Waals surface area contributed by atoms with Gasteiger partial charge in [-0.2, -0.15) is 0 Å². The number of carboxylic acids is 1. The van der Waals surface area contributed by atoms with Gasteiger partial charge in [-0.15, -0.1) is 0 Å². The maximum absolute atomic E-state index is 13.8. The molecule has 0 aliphatic carbocycles. The number of rotatable bonds is 4. The van der Waals surface area contributed by atoms with Crippen LogP contribution >= 0.6 is 15.9 Å². The number of halogens is 3. The van der Waals surface area contributed by atoms with Crippen molar-refractivity contribution in [2.45, 2.75) is 4.90 Å². The van der Waals surface area contributed by atoms with Crippen molar-refractivity contribution in [3.8, 4) is 0 Å². The van der Waals surface area contributed by atoms with E-state index in [9.17, 15) is 22.0 Å². The third-order valence-corrected chi connectivity index (χ3v) is 5.53. The Morgan fingerprint density at radius 1 is 1.17 bits per heavy atom. The van der Waals surface area contributed by atoms with E-state index in [1.165, 1.54) is 12.1 Å². The molecule has 0 saturated heterocycles. The van der Waals surface area contributed by atoms with Crippen molar-refractivity contribution >= 4 is 37.6 Å². The average molecular weight is 406 g/mol. The predicted molar refractivity (Wildman–Crippen MR) is 83.0 cm³/mol. The minimum Gasteiger partial charge on any atom is -0.478 e. The molecule has 23 heavy (non-hydrogen) atoms. The molecule has 0 amide bonds. The van der Waals surface area contributed by atoms with Crippen LogP contribution in [0.3, 0.4) is 0 Å². The monoisotopic (exact) mass is 405 g/mol. The van der Waals surface area contributed by atoms with Gasteiger partial charge in [-0.05, 0) is 46.3 Å². The maximum Gasteiger partial charge on any atom is 0.336 e. The molecule has 2 rings (SSSR count). The van der Waals surface area contributed by atoms with Gasteiger partial charge in [0.15, 0.2) is 0 Å². The maximum atomic E-state index is 13.8. The number of carboxylic acid groups (broad SMARTS) is 1. The molecule has 0 aliphatic rings. The van der Waals surface area contributed by atoms with Gasteiger partial charge in [0.25, 0.3) is 10.0 Å². The SMILES string of the molecule is CN(c1cc(F)ccc1F)S(=O)(=O)c1ccc(Br)c(C(=O)O)c1. The zero-order chi connectivity index (χ0) is 17.4. The lowest BCUT2D eigenvalue weighted by atomic mass is 10.2. The van der Waals surface area contributed by atoms with Gasteiger partial charge >= 0.3 is 5.97 Å². The van der Waals surface area contributed by atoms with Crippen molar-refractivity contribution in [3.05, 3.63) is 58.1 Å². The van der Waals surface area contributed by atoms with Crippen LogP contribution in [0.4, 0.5) is 14.5 Å². The molecule has 0 spiro atoms. The Bertz CT molecular complexity index is 886. The summed E-state index contributed by atoms with van der Waals surface area (Å²) in [7, 11) is -3.21. The number of benzene rings is 2. The van der Waals surface area contributed by atoms with E-state index < -0.39 is 33.3 Å². The first kappa shape index (κ1) is 17.4. The van der Waals surface area contributed by atoms with E-state index in [0.717, 1.165) is 31.3 Å². The Morgan fingerprint density at radius 3 is 2.43 bits per heavy atom. The molecule has 0 aliphatic heterocycles. The third kappa shape index (κ3) is 3.35. The fourth-order valence-corrected chi connectivity index (χ4v) is 3.48. The molecule has 2 aromatic rings. The molecule has 0 aromatic heterocycles. The van der Waals surface area contributed by atoms with E-state index >= 15 is 0 Å². The number of anilines is 1. The number of hydrogen-bond acceptors (Lipinski definition) is 3. The van der Waals surface area contributed by atoms with E-state index in [1.807, 2.05) is 0 Å². The van der Waals surface area contributed by atoms with Gasteiger partial charge in [0, 0.05) is 17.6 Å². The molecule has 122 valence electrons. The first-order chi connectivity index (χ1) is 10.6. The summed E-state index contributed by atoms with van der Waals surface area (Å²) >= 11 is 3.00. The number of carbonyl (C=O) groups is 1. The number of hydrogen-bond donors (Lipinski definition) is 1. The van der Waals surface area contributed by atoms with E-state index in [-0.39, 0.29) is 14.9 Å². The van der Waals surface area contributed by atoms with Gasteiger partial charge in [0.2, 0.25) is 0 Å². The van der Waals surface area contributed by atoms with E-state index in [1.54, 1.807) is 0 Å². The van der Waals surface area contributed by atoms with E-state index in [2.05, 4.69) is 15.9 Å². The van der Waals surface area contributed by atoms with E-state index in [4.69, 9.17) is 5.11 Å². The zero-order valence-electron chi connectivity index (χ0n) is 11.6. The van der Waals surface area contributed by atoms with Crippen LogP contribution in [-0.4, -0.2) is 26.5 Å². The van der Waals surface area contributed by atoms with Crippen molar-refractivity contribution in [1.82, 2.24) is 0 Å². The molecule has 0 radical (unpaired) electrons. The highest BCUT2D eigenvalue weighted by Gasteiger charge is 2.25. The first-order valence-corrected chi connectivity index (χ1v) is 8.34. The molecule has 0 saturated carbocycles. The molecule has 0 unspecified atom stereocenters. The minimum atomic E-state index is -4.26. The van der Waals surface area contributed by atoms with Gasteiger partial charge in [-0.25, -0.2) is 22.0 Å². The topological polar surface area (TPSA) is 74.7 Å². The fourth-order valence-electron chi connectivity index (χ4n) is 1.84. The molecular weight excluding hydrogens is 396 g/mol. The summed E-state index contributed by atoms with van der Waals surface area (Å²) in [4.78, 5) is 10.7. The van der Waals surface area contributed by atoms with Crippen LogP contribution in [0, 0.1) is 11.6 Å². The minimum absolute atomic E-state index is 0.198. The summed E-state index contributed by atoms with van der Waals surface area (Å²) < 4.78 is 52.8. The predicted octanol–water partition coefficient (Wildman–Crippen LogP) is 3.25. The molecule has 2 aromatic carbocycles. The summed E-state index contributed by atoms with van der Waals surface area (Å²) in [6.45, 7) is 0. The molecule has 0 fully saturated rings. The Morgan fingerprint density at radius 2 is 1.83 bits per heavy atom.